The second kappa shape index (κ2) is 10.1. The molecule has 5 aromatic rings. The molecule has 2 aromatic heterocycles. The molecular formula is C33H32ClN5O. The van der Waals surface area contributed by atoms with E-state index in [9.17, 15) is 4.79 Å². The van der Waals surface area contributed by atoms with Crippen molar-refractivity contribution in [3.05, 3.63) is 92.6 Å². The van der Waals surface area contributed by atoms with E-state index in [1.165, 1.54) is 0 Å². The van der Waals surface area contributed by atoms with Gasteiger partial charge in [-0.2, -0.15) is 5.10 Å². The normalized spacial score (nSPS) is 15.7. The number of rotatable bonds is 4. The third-order valence-electron chi connectivity index (χ3n) is 8.31. The standard InChI is InChI=1S/C33H32ClN5O/c1-19(2)22-11-6-7-12-28(22)39-29-17-23(30-20(3)13-14-27-25(30)18-36-37-27)26(34)16-24(29)32(31(35-5)33(39)40)38-15-9-8-10-21(38)4/h6-7,11-14,16-19,21H,8-10,15H2,1-4H3,(H,36,37)/t21-/m0/s1. The van der Waals surface area contributed by atoms with Crippen LogP contribution in [0.15, 0.2) is 59.5 Å². The topological polar surface area (TPSA) is 58.3 Å². The van der Waals surface area contributed by atoms with Gasteiger partial charge < -0.3 is 4.90 Å². The average molecular weight is 550 g/mol. The molecule has 1 atom stereocenters. The molecule has 40 heavy (non-hydrogen) atoms. The molecule has 1 aliphatic heterocycles. The van der Waals surface area contributed by atoms with Crippen molar-refractivity contribution in [2.24, 2.45) is 0 Å². The van der Waals surface area contributed by atoms with Crippen LogP contribution in [0.5, 0.6) is 0 Å². The van der Waals surface area contributed by atoms with E-state index >= 15 is 0 Å². The number of aromatic amines is 1. The Hall–Kier alpha value is -4.08. The highest BCUT2D eigenvalue weighted by Crippen LogP contribution is 2.44. The number of aryl methyl sites for hydroxylation is 1. The number of anilines is 1. The van der Waals surface area contributed by atoms with E-state index in [1.807, 2.05) is 42.6 Å². The Kier molecular flexibility index (Phi) is 6.64. The zero-order valence-electron chi connectivity index (χ0n) is 23.3. The lowest BCUT2D eigenvalue weighted by Crippen LogP contribution is -2.38. The lowest BCUT2D eigenvalue weighted by molar-refractivity contribution is 0.486. The molecule has 0 spiro atoms. The molecule has 0 aliphatic carbocycles. The predicted octanol–water partition coefficient (Wildman–Crippen LogP) is 8.55. The number of nitrogens with zero attached hydrogens (tertiary/aromatic N) is 4. The molecule has 202 valence electrons. The van der Waals surface area contributed by atoms with Crippen LogP contribution in [0.4, 0.5) is 11.4 Å². The van der Waals surface area contributed by atoms with Crippen molar-refractivity contribution >= 4 is 44.8 Å². The molecule has 1 fully saturated rings. The summed E-state index contributed by atoms with van der Waals surface area (Å²) in [5.41, 5.74) is 6.95. The van der Waals surface area contributed by atoms with Crippen LogP contribution in [0, 0.1) is 13.5 Å². The van der Waals surface area contributed by atoms with Crippen molar-refractivity contribution < 1.29 is 0 Å². The van der Waals surface area contributed by atoms with Crippen molar-refractivity contribution in [1.29, 1.82) is 0 Å². The van der Waals surface area contributed by atoms with E-state index in [-0.39, 0.29) is 23.2 Å². The summed E-state index contributed by atoms with van der Waals surface area (Å²) in [7, 11) is 0. The molecule has 0 bridgehead atoms. The first-order valence-electron chi connectivity index (χ1n) is 13.9. The summed E-state index contributed by atoms with van der Waals surface area (Å²) in [5, 5.41) is 9.71. The number of piperidine rings is 1. The first kappa shape index (κ1) is 26.2. The van der Waals surface area contributed by atoms with Crippen LogP contribution in [0.2, 0.25) is 5.02 Å². The fourth-order valence-electron chi connectivity index (χ4n) is 6.30. The van der Waals surface area contributed by atoms with E-state index in [0.29, 0.717) is 10.7 Å². The molecule has 6 nitrogen and oxygen atoms in total. The molecule has 0 amide bonds. The van der Waals surface area contributed by atoms with Gasteiger partial charge in [0, 0.05) is 33.9 Å². The van der Waals surface area contributed by atoms with Gasteiger partial charge >= 0.3 is 0 Å². The Bertz CT molecular complexity index is 1880. The summed E-state index contributed by atoms with van der Waals surface area (Å²) in [6.07, 6.45) is 5.00. The molecule has 1 aliphatic rings. The van der Waals surface area contributed by atoms with Crippen molar-refractivity contribution in [3.8, 4) is 16.8 Å². The second-order valence-electron chi connectivity index (χ2n) is 11.1. The highest BCUT2D eigenvalue weighted by molar-refractivity contribution is 6.35. The number of nitrogens with one attached hydrogen (secondary N) is 1. The second-order valence-corrected chi connectivity index (χ2v) is 11.5. The maximum absolute atomic E-state index is 14.4. The number of hydrogen-bond donors (Lipinski definition) is 1. The Morgan fingerprint density at radius 3 is 2.67 bits per heavy atom. The first-order chi connectivity index (χ1) is 19.3. The van der Waals surface area contributed by atoms with Gasteiger partial charge in [-0.25, -0.2) is 4.85 Å². The molecule has 0 saturated carbocycles. The molecule has 3 heterocycles. The van der Waals surface area contributed by atoms with Gasteiger partial charge in [0.25, 0.3) is 11.2 Å². The van der Waals surface area contributed by atoms with Gasteiger partial charge in [-0.15, -0.1) is 0 Å². The minimum Gasteiger partial charge on any atom is -0.377 e. The average Bonchev–Trinajstić information content (AvgIpc) is 3.42. The molecule has 0 radical (unpaired) electrons. The first-order valence-corrected chi connectivity index (χ1v) is 14.3. The van der Waals surface area contributed by atoms with Crippen LogP contribution in [0.3, 0.4) is 0 Å². The predicted molar refractivity (Wildman–Crippen MR) is 165 cm³/mol. The van der Waals surface area contributed by atoms with Gasteiger partial charge in [0.2, 0.25) is 0 Å². The van der Waals surface area contributed by atoms with Crippen LogP contribution >= 0.6 is 11.6 Å². The Balaban J connectivity index is 1.79. The molecule has 1 N–H and O–H groups in total. The van der Waals surface area contributed by atoms with Crippen molar-refractivity contribution in [2.45, 2.75) is 58.9 Å². The van der Waals surface area contributed by atoms with Crippen molar-refractivity contribution in [2.75, 3.05) is 11.4 Å². The number of halogens is 1. The summed E-state index contributed by atoms with van der Waals surface area (Å²) in [6, 6.07) is 16.3. The zero-order valence-corrected chi connectivity index (χ0v) is 24.0. The van der Waals surface area contributed by atoms with Crippen LogP contribution in [-0.2, 0) is 0 Å². The highest BCUT2D eigenvalue weighted by Gasteiger charge is 2.29. The van der Waals surface area contributed by atoms with Gasteiger partial charge in [0.15, 0.2) is 0 Å². The van der Waals surface area contributed by atoms with E-state index < -0.39 is 0 Å². The third kappa shape index (κ3) is 4.08. The Labute approximate surface area is 239 Å². The molecule has 0 unspecified atom stereocenters. The summed E-state index contributed by atoms with van der Waals surface area (Å²) in [4.78, 5) is 20.5. The highest BCUT2D eigenvalue weighted by atomic mass is 35.5. The van der Waals surface area contributed by atoms with E-state index in [2.05, 4.69) is 59.8 Å². The lowest BCUT2D eigenvalue weighted by atomic mass is 9.94. The number of hydrogen-bond acceptors (Lipinski definition) is 3. The molecule has 7 heteroatoms. The van der Waals surface area contributed by atoms with Crippen LogP contribution < -0.4 is 10.5 Å². The van der Waals surface area contributed by atoms with Crippen molar-refractivity contribution in [3.63, 3.8) is 0 Å². The number of benzene rings is 3. The maximum Gasteiger partial charge on any atom is 0.274 e. The molecule has 6 rings (SSSR count). The van der Waals surface area contributed by atoms with Gasteiger partial charge in [-0.1, -0.05) is 49.7 Å². The lowest BCUT2D eigenvalue weighted by Gasteiger charge is -2.37. The number of para-hydroxylation sites is 1. The van der Waals surface area contributed by atoms with Crippen LogP contribution in [-0.4, -0.2) is 27.4 Å². The number of fused-ring (bicyclic) bond motifs is 2. The van der Waals surface area contributed by atoms with Gasteiger partial charge in [-0.05, 0) is 80.0 Å². The minimum absolute atomic E-state index is 0.150. The molecule has 3 aromatic carbocycles. The van der Waals surface area contributed by atoms with E-state index in [0.717, 1.165) is 75.6 Å². The fourth-order valence-corrected chi connectivity index (χ4v) is 6.55. The van der Waals surface area contributed by atoms with E-state index in [4.69, 9.17) is 18.2 Å². The fraction of sp³-hybridized carbons (Fsp3) is 0.303. The van der Waals surface area contributed by atoms with Gasteiger partial charge in [0.05, 0.1) is 35.2 Å². The number of aromatic nitrogens is 3. The van der Waals surface area contributed by atoms with Crippen molar-refractivity contribution in [1.82, 2.24) is 14.8 Å². The molecular weight excluding hydrogens is 518 g/mol. The summed E-state index contributed by atoms with van der Waals surface area (Å²) in [6.45, 7) is 17.4. The third-order valence-corrected chi connectivity index (χ3v) is 8.63. The number of pyridine rings is 1. The zero-order chi connectivity index (χ0) is 28.1. The Morgan fingerprint density at radius 2 is 1.93 bits per heavy atom. The number of H-pyrrole nitrogens is 1. The monoisotopic (exact) mass is 549 g/mol. The minimum atomic E-state index is -0.296. The SMILES string of the molecule is [C-]#[N+]c1c(N2CCCC[C@@H]2C)c2cc(Cl)c(-c3c(C)ccc4[nH]ncc34)cc2n(-c2ccccc2C(C)C)c1=O. The maximum atomic E-state index is 14.4. The summed E-state index contributed by atoms with van der Waals surface area (Å²) >= 11 is 7.13. The quantitative estimate of drug-likeness (QED) is 0.228. The van der Waals surface area contributed by atoms with E-state index in [1.54, 1.807) is 4.57 Å². The van der Waals surface area contributed by atoms with Crippen LogP contribution in [0.25, 0.3) is 43.5 Å². The smallest absolute Gasteiger partial charge is 0.274 e. The van der Waals surface area contributed by atoms with Gasteiger partial charge in [-0.3, -0.25) is 14.5 Å². The van der Waals surface area contributed by atoms with Crippen LogP contribution in [0.1, 0.15) is 57.1 Å². The Morgan fingerprint density at radius 1 is 1.12 bits per heavy atom. The largest absolute Gasteiger partial charge is 0.377 e. The summed E-state index contributed by atoms with van der Waals surface area (Å²) < 4.78 is 1.74. The van der Waals surface area contributed by atoms with Gasteiger partial charge in [0.1, 0.15) is 0 Å². The summed E-state index contributed by atoms with van der Waals surface area (Å²) in [5.74, 6) is 0.185. The molecule has 1 saturated heterocycles.